The zero-order valence-electron chi connectivity index (χ0n) is 11.8. The molecule has 0 saturated heterocycles. The number of carbonyl (C=O) groups is 2. The predicted octanol–water partition coefficient (Wildman–Crippen LogP) is 2.14. The molecule has 0 unspecified atom stereocenters. The first-order chi connectivity index (χ1) is 10.2. The van der Waals surface area contributed by atoms with E-state index in [9.17, 15) is 9.59 Å². The molecule has 4 nitrogen and oxygen atoms in total. The molecule has 4 heteroatoms. The summed E-state index contributed by atoms with van der Waals surface area (Å²) in [6.07, 6.45) is 0.262. The van der Waals surface area contributed by atoms with Gasteiger partial charge in [0.05, 0.1) is 12.1 Å². The molecule has 106 valence electrons. The van der Waals surface area contributed by atoms with Crippen molar-refractivity contribution in [1.29, 1.82) is 0 Å². The molecular formula is C17H16N2O2. The Labute approximate surface area is 123 Å². The quantitative estimate of drug-likeness (QED) is 0.876. The number of hydrogen-bond donors (Lipinski definition) is 1. The van der Waals surface area contributed by atoms with Gasteiger partial charge in [0.15, 0.2) is 0 Å². The van der Waals surface area contributed by atoms with Crippen LogP contribution in [0.3, 0.4) is 0 Å². The summed E-state index contributed by atoms with van der Waals surface area (Å²) < 4.78 is 0. The minimum atomic E-state index is -0.247. The number of fused-ring (bicyclic) bond motifs is 1. The Morgan fingerprint density at radius 2 is 1.90 bits per heavy atom. The Hall–Kier alpha value is -2.46. The van der Waals surface area contributed by atoms with E-state index < -0.39 is 0 Å². The maximum absolute atomic E-state index is 12.6. The fourth-order valence-corrected chi connectivity index (χ4v) is 2.63. The highest BCUT2D eigenvalue weighted by atomic mass is 16.2. The van der Waals surface area contributed by atoms with Gasteiger partial charge in [0, 0.05) is 12.1 Å². The standard InChI is InChI=1S/C17H16N2O2/c1-18-11-12-5-4-7-14(9-12)19-16(20)10-13-6-2-3-8-15(13)17(19)21/h2-9,18H,10-11H2,1H3. The third-order valence-electron chi connectivity index (χ3n) is 3.59. The first-order valence-corrected chi connectivity index (χ1v) is 6.89. The van der Waals surface area contributed by atoms with Crippen LogP contribution in [0.1, 0.15) is 21.5 Å². The lowest BCUT2D eigenvalue weighted by Gasteiger charge is -2.27. The van der Waals surface area contributed by atoms with E-state index in [1.165, 1.54) is 4.90 Å². The smallest absolute Gasteiger partial charge is 0.265 e. The number of anilines is 1. The summed E-state index contributed by atoms with van der Waals surface area (Å²) in [4.78, 5) is 26.2. The number of benzene rings is 2. The van der Waals surface area contributed by atoms with Crippen LogP contribution in [-0.4, -0.2) is 18.9 Å². The van der Waals surface area contributed by atoms with Crippen LogP contribution in [0, 0.1) is 0 Å². The van der Waals surface area contributed by atoms with Crippen LogP contribution in [0.15, 0.2) is 48.5 Å². The highest BCUT2D eigenvalue weighted by Crippen LogP contribution is 2.26. The average Bonchev–Trinajstić information content (AvgIpc) is 2.48. The highest BCUT2D eigenvalue weighted by molar-refractivity contribution is 6.24. The predicted molar refractivity (Wildman–Crippen MR) is 81.2 cm³/mol. The summed E-state index contributed by atoms with van der Waals surface area (Å²) in [6, 6.07) is 14.8. The number of nitrogens with one attached hydrogen (secondary N) is 1. The second-order valence-electron chi connectivity index (χ2n) is 5.07. The lowest BCUT2D eigenvalue weighted by molar-refractivity contribution is -0.117. The number of amides is 2. The maximum Gasteiger partial charge on any atom is 0.265 e. The van der Waals surface area contributed by atoms with Crippen molar-refractivity contribution < 1.29 is 9.59 Å². The topological polar surface area (TPSA) is 49.4 Å². The molecule has 0 bridgehead atoms. The molecule has 1 aliphatic heterocycles. The zero-order chi connectivity index (χ0) is 14.8. The second kappa shape index (κ2) is 5.50. The summed E-state index contributed by atoms with van der Waals surface area (Å²) in [6.45, 7) is 0.695. The van der Waals surface area contributed by atoms with Crippen LogP contribution >= 0.6 is 0 Å². The normalized spacial score (nSPS) is 14.2. The summed E-state index contributed by atoms with van der Waals surface area (Å²) in [7, 11) is 1.86. The van der Waals surface area contributed by atoms with Gasteiger partial charge in [-0.05, 0) is 36.4 Å². The zero-order valence-corrected chi connectivity index (χ0v) is 11.8. The van der Waals surface area contributed by atoms with E-state index in [1.54, 1.807) is 12.1 Å². The third kappa shape index (κ3) is 2.45. The molecule has 2 amide bonds. The molecule has 3 rings (SSSR count). The van der Waals surface area contributed by atoms with Crippen molar-refractivity contribution in [3.05, 3.63) is 65.2 Å². The van der Waals surface area contributed by atoms with E-state index in [0.717, 1.165) is 11.1 Å². The van der Waals surface area contributed by atoms with Gasteiger partial charge in [-0.1, -0.05) is 30.3 Å². The lowest BCUT2D eigenvalue weighted by Crippen LogP contribution is -2.42. The fraction of sp³-hybridized carbons (Fsp3) is 0.176. The van der Waals surface area contributed by atoms with Crippen LogP contribution in [0.2, 0.25) is 0 Å². The summed E-state index contributed by atoms with van der Waals surface area (Å²) in [5.41, 5.74) is 3.08. The summed E-state index contributed by atoms with van der Waals surface area (Å²) in [5.74, 6) is -0.427. The van der Waals surface area contributed by atoms with Gasteiger partial charge in [0.1, 0.15) is 0 Å². The Morgan fingerprint density at radius 1 is 1.10 bits per heavy atom. The average molecular weight is 280 g/mol. The number of hydrogen-bond acceptors (Lipinski definition) is 3. The van der Waals surface area contributed by atoms with Crippen LogP contribution in [0.4, 0.5) is 5.69 Å². The highest BCUT2D eigenvalue weighted by Gasteiger charge is 2.31. The third-order valence-corrected chi connectivity index (χ3v) is 3.59. The van der Waals surface area contributed by atoms with Gasteiger partial charge in [0.2, 0.25) is 5.91 Å². The number of rotatable bonds is 3. The first kappa shape index (κ1) is 13.5. The minimum absolute atomic E-state index is 0.180. The molecule has 2 aromatic rings. The molecule has 0 saturated carbocycles. The Kier molecular flexibility index (Phi) is 3.54. The van der Waals surface area contributed by atoms with E-state index >= 15 is 0 Å². The van der Waals surface area contributed by atoms with Gasteiger partial charge in [0.25, 0.3) is 5.91 Å². The second-order valence-corrected chi connectivity index (χ2v) is 5.07. The van der Waals surface area contributed by atoms with Gasteiger partial charge >= 0.3 is 0 Å². The van der Waals surface area contributed by atoms with Crippen LogP contribution in [0.25, 0.3) is 0 Å². The van der Waals surface area contributed by atoms with Crippen LogP contribution in [0.5, 0.6) is 0 Å². The van der Waals surface area contributed by atoms with Crippen LogP contribution in [-0.2, 0) is 17.8 Å². The van der Waals surface area contributed by atoms with Crippen molar-refractivity contribution in [3.63, 3.8) is 0 Å². The minimum Gasteiger partial charge on any atom is -0.316 e. The molecule has 0 aliphatic carbocycles. The number of imide groups is 1. The Morgan fingerprint density at radius 3 is 2.71 bits per heavy atom. The van der Waals surface area contributed by atoms with E-state index in [-0.39, 0.29) is 18.2 Å². The molecule has 0 aromatic heterocycles. The van der Waals surface area contributed by atoms with E-state index in [0.29, 0.717) is 17.8 Å². The van der Waals surface area contributed by atoms with Crippen molar-refractivity contribution >= 4 is 17.5 Å². The van der Waals surface area contributed by atoms with Crippen molar-refractivity contribution in [3.8, 4) is 0 Å². The molecule has 0 radical (unpaired) electrons. The fourth-order valence-electron chi connectivity index (χ4n) is 2.63. The number of nitrogens with zero attached hydrogens (tertiary/aromatic N) is 1. The lowest BCUT2D eigenvalue weighted by atomic mass is 9.98. The van der Waals surface area contributed by atoms with E-state index in [4.69, 9.17) is 0 Å². The van der Waals surface area contributed by atoms with Crippen molar-refractivity contribution in [2.45, 2.75) is 13.0 Å². The van der Waals surface area contributed by atoms with Gasteiger partial charge in [-0.25, -0.2) is 4.90 Å². The summed E-state index contributed by atoms with van der Waals surface area (Å²) >= 11 is 0. The van der Waals surface area contributed by atoms with Crippen molar-refractivity contribution in [2.24, 2.45) is 0 Å². The molecule has 21 heavy (non-hydrogen) atoms. The molecule has 0 spiro atoms. The molecular weight excluding hydrogens is 264 g/mol. The largest absolute Gasteiger partial charge is 0.316 e. The Balaban J connectivity index is 2.01. The molecule has 0 atom stereocenters. The van der Waals surface area contributed by atoms with Crippen molar-refractivity contribution in [1.82, 2.24) is 5.32 Å². The van der Waals surface area contributed by atoms with Gasteiger partial charge in [-0.15, -0.1) is 0 Å². The first-order valence-electron chi connectivity index (χ1n) is 6.89. The summed E-state index contributed by atoms with van der Waals surface area (Å²) in [5, 5.41) is 3.06. The molecule has 1 N–H and O–H groups in total. The van der Waals surface area contributed by atoms with Gasteiger partial charge in [-0.3, -0.25) is 9.59 Å². The Bertz CT molecular complexity index is 709. The van der Waals surface area contributed by atoms with Crippen molar-refractivity contribution in [2.75, 3.05) is 11.9 Å². The molecule has 0 fully saturated rings. The van der Waals surface area contributed by atoms with E-state index in [1.807, 2.05) is 43.4 Å². The van der Waals surface area contributed by atoms with Gasteiger partial charge in [-0.2, -0.15) is 0 Å². The monoisotopic (exact) mass is 280 g/mol. The molecule has 1 aliphatic rings. The molecule has 2 aromatic carbocycles. The van der Waals surface area contributed by atoms with Gasteiger partial charge < -0.3 is 5.32 Å². The number of carbonyl (C=O) groups excluding carboxylic acids is 2. The SMILES string of the molecule is CNCc1cccc(N2C(=O)Cc3ccccc3C2=O)c1. The maximum atomic E-state index is 12.6. The molecule has 1 heterocycles. The van der Waals surface area contributed by atoms with Crippen LogP contribution < -0.4 is 10.2 Å². The van der Waals surface area contributed by atoms with E-state index in [2.05, 4.69) is 5.32 Å².